The fourth-order valence-corrected chi connectivity index (χ4v) is 3.25. The topological polar surface area (TPSA) is 50.2 Å². The number of carbonyl (C=O) groups is 1. The van der Waals surface area contributed by atoms with Crippen LogP contribution in [0.1, 0.15) is 23.4 Å². The molecule has 136 valence electrons. The summed E-state index contributed by atoms with van der Waals surface area (Å²) in [6.45, 7) is 7.44. The molecule has 1 saturated heterocycles. The van der Waals surface area contributed by atoms with E-state index in [1.54, 1.807) is 0 Å². The number of nitrogens with one attached hydrogen (secondary N) is 1. The van der Waals surface area contributed by atoms with Gasteiger partial charge in [0, 0.05) is 35.9 Å². The average Bonchev–Trinajstić information content (AvgIpc) is 2.78. The van der Waals surface area contributed by atoms with Gasteiger partial charge in [0.25, 0.3) is 0 Å². The number of aromatic nitrogens is 2. The quantitative estimate of drug-likeness (QED) is 0.887. The van der Waals surface area contributed by atoms with Crippen molar-refractivity contribution in [1.29, 1.82) is 0 Å². The molecule has 0 bridgehead atoms. The standard InChI is InChI=1S/C18H23ClN4O.ClH/c1-13-17(12-18(24)22-10-3-8-20-9-11-22)14(2)23(21-13)16-6-4-15(19)5-7-16;/h4-7,20H,3,8-12H2,1-2H3;1H. The summed E-state index contributed by atoms with van der Waals surface area (Å²) in [5.74, 6) is 0.181. The van der Waals surface area contributed by atoms with Crippen LogP contribution in [0.3, 0.4) is 0 Å². The van der Waals surface area contributed by atoms with E-state index in [-0.39, 0.29) is 18.3 Å². The zero-order chi connectivity index (χ0) is 17.1. The fourth-order valence-electron chi connectivity index (χ4n) is 3.12. The Labute approximate surface area is 159 Å². The van der Waals surface area contributed by atoms with Gasteiger partial charge in [-0.1, -0.05) is 11.6 Å². The lowest BCUT2D eigenvalue weighted by molar-refractivity contribution is -0.130. The minimum atomic E-state index is 0. The molecule has 0 aliphatic carbocycles. The Kier molecular flexibility index (Phi) is 6.87. The van der Waals surface area contributed by atoms with Crippen molar-refractivity contribution in [2.75, 3.05) is 26.2 Å². The number of nitrogens with zero attached hydrogens (tertiary/aromatic N) is 3. The van der Waals surface area contributed by atoms with E-state index in [0.717, 1.165) is 55.2 Å². The Balaban J connectivity index is 0.00000225. The summed E-state index contributed by atoms with van der Waals surface area (Å²) in [5, 5.41) is 8.64. The van der Waals surface area contributed by atoms with Crippen molar-refractivity contribution in [2.45, 2.75) is 26.7 Å². The molecule has 0 unspecified atom stereocenters. The molecule has 2 aromatic rings. The molecule has 1 aromatic carbocycles. The van der Waals surface area contributed by atoms with Crippen LogP contribution in [0.2, 0.25) is 5.02 Å². The number of rotatable bonds is 3. The van der Waals surface area contributed by atoms with E-state index in [4.69, 9.17) is 11.6 Å². The van der Waals surface area contributed by atoms with E-state index in [2.05, 4.69) is 10.4 Å². The van der Waals surface area contributed by atoms with Gasteiger partial charge in [-0.05, 0) is 51.1 Å². The highest BCUT2D eigenvalue weighted by Crippen LogP contribution is 2.20. The van der Waals surface area contributed by atoms with Crippen LogP contribution < -0.4 is 5.32 Å². The number of hydrogen-bond acceptors (Lipinski definition) is 3. The second-order valence-electron chi connectivity index (χ2n) is 6.20. The molecule has 7 heteroatoms. The SMILES string of the molecule is Cc1nn(-c2ccc(Cl)cc2)c(C)c1CC(=O)N1CCCNCC1.Cl. The molecule has 2 heterocycles. The molecule has 0 spiro atoms. The Bertz CT molecular complexity index is 719. The number of benzene rings is 1. The van der Waals surface area contributed by atoms with Crippen LogP contribution in [0.15, 0.2) is 24.3 Å². The third-order valence-electron chi connectivity index (χ3n) is 4.53. The lowest BCUT2D eigenvalue weighted by Crippen LogP contribution is -2.35. The van der Waals surface area contributed by atoms with Gasteiger partial charge in [0.15, 0.2) is 0 Å². The van der Waals surface area contributed by atoms with Gasteiger partial charge in [-0.15, -0.1) is 12.4 Å². The fraction of sp³-hybridized carbons (Fsp3) is 0.444. The Morgan fingerprint density at radius 2 is 1.92 bits per heavy atom. The molecule has 3 rings (SSSR count). The second-order valence-corrected chi connectivity index (χ2v) is 6.64. The smallest absolute Gasteiger partial charge is 0.227 e. The van der Waals surface area contributed by atoms with Gasteiger partial charge in [0.05, 0.1) is 17.8 Å². The lowest BCUT2D eigenvalue weighted by atomic mass is 10.1. The van der Waals surface area contributed by atoms with Crippen LogP contribution in [-0.4, -0.2) is 46.8 Å². The van der Waals surface area contributed by atoms with Crippen LogP contribution in [0.4, 0.5) is 0 Å². The zero-order valence-electron chi connectivity index (χ0n) is 14.6. The van der Waals surface area contributed by atoms with Crippen molar-refractivity contribution in [2.24, 2.45) is 0 Å². The monoisotopic (exact) mass is 382 g/mol. The van der Waals surface area contributed by atoms with E-state index in [0.29, 0.717) is 11.4 Å². The molecule has 0 radical (unpaired) electrons. The number of carbonyl (C=O) groups excluding carboxylic acids is 1. The van der Waals surface area contributed by atoms with Gasteiger partial charge in [-0.25, -0.2) is 4.68 Å². The van der Waals surface area contributed by atoms with Gasteiger partial charge in [0.1, 0.15) is 0 Å². The summed E-state index contributed by atoms with van der Waals surface area (Å²) in [6.07, 6.45) is 1.42. The normalized spacial score (nSPS) is 14.8. The molecule has 1 aliphatic rings. The maximum Gasteiger partial charge on any atom is 0.227 e. The van der Waals surface area contributed by atoms with E-state index >= 15 is 0 Å². The lowest BCUT2D eigenvalue weighted by Gasteiger charge is -2.20. The van der Waals surface area contributed by atoms with Crippen LogP contribution >= 0.6 is 24.0 Å². The summed E-state index contributed by atoms with van der Waals surface area (Å²) in [5.41, 5.74) is 3.89. The van der Waals surface area contributed by atoms with Crippen LogP contribution in [-0.2, 0) is 11.2 Å². The predicted molar refractivity (Wildman–Crippen MR) is 103 cm³/mol. The van der Waals surface area contributed by atoms with Crippen LogP contribution in [0, 0.1) is 13.8 Å². The van der Waals surface area contributed by atoms with Gasteiger partial charge >= 0.3 is 0 Å². The summed E-state index contributed by atoms with van der Waals surface area (Å²) in [7, 11) is 0. The summed E-state index contributed by atoms with van der Waals surface area (Å²) >= 11 is 5.96. The van der Waals surface area contributed by atoms with E-state index in [1.807, 2.05) is 47.7 Å². The highest BCUT2D eigenvalue weighted by molar-refractivity contribution is 6.30. The largest absolute Gasteiger partial charge is 0.341 e. The van der Waals surface area contributed by atoms with Crippen molar-refractivity contribution in [1.82, 2.24) is 20.0 Å². The van der Waals surface area contributed by atoms with E-state index < -0.39 is 0 Å². The first-order valence-electron chi connectivity index (χ1n) is 8.36. The first-order chi connectivity index (χ1) is 11.6. The third kappa shape index (κ3) is 4.54. The van der Waals surface area contributed by atoms with Gasteiger partial charge in [-0.3, -0.25) is 4.79 Å². The van der Waals surface area contributed by atoms with Gasteiger partial charge < -0.3 is 10.2 Å². The molecular weight excluding hydrogens is 359 g/mol. The first kappa shape index (κ1) is 19.8. The van der Waals surface area contributed by atoms with Crippen molar-refractivity contribution in [3.05, 3.63) is 46.2 Å². The molecule has 1 amide bonds. The van der Waals surface area contributed by atoms with E-state index in [1.165, 1.54) is 0 Å². The van der Waals surface area contributed by atoms with Gasteiger partial charge in [0.2, 0.25) is 5.91 Å². The molecule has 1 aliphatic heterocycles. The van der Waals surface area contributed by atoms with E-state index in [9.17, 15) is 4.79 Å². The van der Waals surface area contributed by atoms with Crippen molar-refractivity contribution < 1.29 is 4.79 Å². The molecular formula is C18H24Cl2N4O. The molecule has 0 atom stereocenters. The number of hydrogen-bond donors (Lipinski definition) is 1. The Morgan fingerprint density at radius 1 is 1.20 bits per heavy atom. The molecule has 0 saturated carbocycles. The highest BCUT2D eigenvalue weighted by atomic mass is 35.5. The third-order valence-corrected chi connectivity index (χ3v) is 4.79. The Hall–Kier alpha value is -1.56. The minimum absolute atomic E-state index is 0. The van der Waals surface area contributed by atoms with Crippen molar-refractivity contribution in [3.8, 4) is 5.69 Å². The molecule has 1 N–H and O–H groups in total. The number of aryl methyl sites for hydroxylation is 1. The predicted octanol–water partition coefficient (Wildman–Crippen LogP) is 2.93. The molecule has 1 aromatic heterocycles. The minimum Gasteiger partial charge on any atom is -0.341 e. The van der Waals surface area contributed by atoms with Crippen molar-refractivity contribution in [3.63, 3.8) is 0 Å². The van der Waals surface area contributed by atoms with Gasteiger partial charge in [-0.2, -0.15) is 5.10 Å². The maximum absolute atomic E-state index is 12.7. The molecule has 25 heavy (non-hydrogen) atoms. The summed E-state index contributed by atoms with van der Waals surface area (Å²) < 4.78 is 1.89. The number of halogens is 2. The average molecular weight is 383 g/mol. The summed E-state index contributed by atoms with van der Waals surface area (Å²) in [6, 6.07) is 7.58. The maximum atomic E-state index is 12.7. The Morgan fingerprint density at radius 3 is 2.64 bits per heavy atom. The molecule has 1 fully saturated rings. The van der Waals surface area contributed by atoms with Crippen molar-refractivity contribution >= 4 is 29.9 Å². The highest BCUT2D eigenvalue weighted by Gasteiger charge is 2.20. The van der Waals surface area contributed by atoms with Crippen LogP contribution in [0.25, 0.3) is 5.69 Å². The molecule has 5 nitrogen and oxygen atoms in total. The summed E-state index contributed by atoms with van der Waals surface area (Å²) in [4.78, 5) is 14.6. The first-order valence-corrected chi connectivity index (χ1v) is 8.73. The zero-order valence-corrected chi connectivity index (χ0v) is 16.2. The van der Waals surface area contributed by atoms with Crippen LogP contribution in [0.5, 0.6) is 0 Å². The second kappa shape index (κ2) is 8.70. The number of amides is 1.